The fraction of sp³-hybridized carbons (Fsp3) is 0.353. The molecular weight excluding hydrogens is 344 g/mol. The molecule has 130 valence electrons. The van der Waals surface area contributed by atoms with Crippen LogP contribution in [-0.2, 0) is 21.2 Å². The molecule has 0 saturated carbocycles. The molecule has 1 N–H and O–H groups in total. The molecule has 1 aromatic heterocycles. The third kappa shape index (κ3) is 5.15. The van der Waals surface area contributed by atoms with Gasteiger partial charge in [-0.2, -0.15) is 0 Å². The Morgan fingerprint density at radius 2 is 1.92 bits per heavy atom. The first-order valence-corrected chi connectivity index (χ1v) is 10.3. The predicted octanol–water partition coefficient (Wildman–Crippen LogP) is 2.46. The smallest absolute Gasteiger partial charge is 0.234 e. The maximum Gasteiger partial charge on any atom is 0.234 e. The van der Waals surface area contributed by atoms with E-state index in [-0.39, 0.29) is 18.5 Å². The van der Waals surface area contributed by atoms with Gasteiger partial charge in [-0.15, -0.1) is 11.3 Å². The molecule has 7 heteroatoms. The SMILES string of the molecule is CC(c1ccc(S(C)(=O)=O)cc1)N(C)CC(=O)NCc1cccs1. The lowest BCUT2D eigenvalue weighted by Gasteiger charge is -2.24. The van der Waals surface area contributed by atoms with Gasteiger partial charge in [-0.25, -0.2) is 8.42 Å². The molecule has 0 aliphatic carbocycles. The average molecular weight is 367 g/mol. The molecule has 1 unspecified atom stereocenters. The Kier molecular flexibility index (Phi) is 6.15. The molecule has 2 aromatic rings. The zero-order valence-electron chi connectivity index (χ0n) is 14.0. The summed E-state index contributed by atoms with van der Waals surface area (Å²) in [5.74, 6) is -0.0366. The van der Waals surface area contributed by atoms with Crippen molar-refractivity contribution < 1.29 is 13.2 Å². The summed E-state index contributed by atoms with van der Waals surface area (Å²) in [6, 6.07) is 10.7. The van der Waals surface area contributed by atoms with Crippen LogP contribution in [0.15, 0.2) is 46.7 Å². The van der Waals surface area contributed by atoms with Crippen molar-refractivity contribution in [1.82, 2.24) is 10.2 Å². The van der Waals surface area contributed by atoms with E-state index in [9.17, 15) is 13.2 Å². The summed E-state index contributed by atoms with van der Waals surface area (Å²) >= 11 is 1.61. The van der Waals surface area contributed by atoms with Gasteiger partial charge in [0.1, 0.15) is 0 Å². The summed E-state index contributed by atoms with van der Waals surface area (Å²) in [5.41, 5.74) is 0.968. The van der Waals surface area contributed by atoms with Crippen LogP contribution in [0.5, 0.6) is 0 Å². The maximum atomic E-state index is 12.0. The normalized spacial score (nSPS) is 13.0. The number of nitrogens with one attached hydrogen (secondary N) is 1. The molecule has 1 aromatic carbocycles. The molecule has 24 heavy (non-hydrogen) atoms. The van der Waals surface area contributed by atoms with Crippen molar-refractivity contribution in [3.05, 3.63) is 52.2 Å². The van der Waals surface area contributed by atoms with Crippen molar-refractivity contribution in [3.8, 4) is 0 Å². The molecule has 0 aliphatic rings. The number of benzene rings is 1. The van der Waals surface area contributed by atoms with Crippen molar-refractivity contribution in [3.63, 3.8) is 0 Å². The lowest BCUT2D eigenvalue weighted by atomic mass is 10.1. The van der Waals surface area contributed by atoms with Crippen molar-refractivity contribution in [2.75, 3.05) is 19.8 Å². The van der Waals surface area contributed by atoms with E-state index in [4.69, 9.17) is 0 Å². The summed E-state index contributed by atoms with van der Waals surface area (Å²) < 4.78 is 23.0. The minimum atomic E-state index is -3.19. The molecule has 0 fully saturated rings. The van der Waals surface area contributed by atoms with Gasteiger partial charge in [0.25, 0.3) is 0 Å². The first-order valence-electron chi connectivity index (χ1n) is 7.56. The van der Waals surface area contributed by atoms with Crippen LogP contribution in [-0.4, -0.2) is 39.1 Å². The molecule has 1 amide bonds. The standard InChI is InChI=1S/C17H22N2O3S2/c1-13(14-6-8-16(9-7-14)24(3,21)22)19(2)12-17(20)18-11-15-5-4-10-23-15/h4-10,13H,11-12H2,1-3H3,(H,18,20). The van der Waals surface area contributed by atoms with Gasteiger partial charge in [0.2, 0.25) is 5.91 Å². The molecule has 1 atom stereocenters. The van der Waals surface area contributed by atoms with Gasteiger partial charge in [-0.1, -0.05) is 18.2 Å². The molecule has 0 saturated heterocycles. The minimum Gasteiger partial charge on any atom is -0.350 e. The topological polar surface area (TPSA) is 66.5 Å². The van der Waals surface area contributed by atoms with Crippen molar-refractivity contribution in [1.29, 1.82) is 0 Å². The summed E-state index contributed by atoms with van der Waals surface area (Å²) in [4.78, 5) is 15.4. The molecule has 0 spiro atoms. The van der Waals surface area contributed by atoms with E-state index in [1.807, 2.05) is 36.4 Å². The number of rotatable bonds is 7. The van der Waals surface area contributed by atoms with Gasteiger partial charge >= 0.3 is 0 Å². The Labute approximate surface area is 147 Å². The molecule has 5 nitrogen and oxygen atoms in total. The number of sulfone groups is 1. The summed E-state index contributed by atoms with van der Waals surface area (Å²) in [5, 5.41) is 4.88. The number of amides is 1. The van der Waals surface area contributed by atoms with Gasteiger partial charge in [0, 0.05) is 17.2 Å². The quantitative estimate of drug-likeness (QED) is 0.817. The molecule has 0 bridgehead atoms. The second kappa shape index (κ2) is 7.92. The van der Waals surface area contributed by atoms with Crippen LogP contribution in [0.4, 0.5) is 0 Å². The Morgan fingerprint density at radius 3 is 2.46 bits per heavy atom. The fourth-order valence-electron chi connectivity index (χ4n) is 2.27. The Hall–Kier alpha value is -1.70. The summed E-state index contributed by atoms with van der Waals surface area (Å²) in [6.45, 7) is 2.81. The van der Waals surface area contributed by atoms with Crippen molar-refractivity contribution in [2.24, 2.45) is 0 Å². The van der Waals surface area contributed by atoms with Crippen LogP contribution >= 0.6 is 11.3 Å². The number of nitrogens with zero attached hydrogens (tertiary/aromatic N) is 1. The van der Waals surface area contributed by atoms with E-state index in [0.717, 1.165) is 10.4 Å². The number of carbonyl (C=O) groups excluding carboxylic acids is 1. The zero-order valence-corrected chi connectivity index (χ0v) is 15.7. The molecule has 0 aliphatic heterocycles. The third-order valence-electron chi connectivity index (χ3n) is 3.88. The highest BCUT2D eigenvalue weighted by Crippen LogP contribution is 2.20. The number of hydrogen-bond donors (Lipinski definition) is 1. The summed E-state index contributed by atoms with van der Waals surface area (Å²) in [7, 11) is -1.32. The average Bonchev–Trinajstić information content (AvgIpc) is 3.05. The van der Waals surface area contributed by atoms with E-state index in [2.05, 4.69) is 5.32 Å². The highest BCUT2D eigenvalue weighted by atomic mass is 32.2. The Bertz CT molecular complexity index is 769. The van der Waals surface area contributed by atoms with Crippen LogP contribution in [0, 0.1) is 0 Å². The first-order chi connectivity index (χ1) is 11.3. The fourth-order valence-corrected chi connectivity index (χ4v) is 3.54. The van der Waals surface area contributed by atoms with Gasteiger partial charge in [-0.3, -0.25) is 9.69 Å². The molecular formula is C17H22N2O3S2. The number of hydrogen-bond acceptors (Lipinski definition) is 5. The number of carbonyl (C=O) groups is 1. The Morgan fingerprint density at radius 1 is 1.25 bits per heavy atom. The predicted molar refractivity (Wildman–Crippen MR) is 96.8 cm³/mol. The Balaban J connectivity index is 1.91. The highest BCUT2D eigenvalue weighted by Gasteiger charge is 2.16. The first kappa shape index (κ1) is 18.6. The number of likely N-dealkylation sites (N-methyl/N-ethyl adjacent to an activating group) is 1. The number of thiophene rings is 1. The van der Waals surface area contributed by atoms with Crippen LogP contribution in [0.1, 0.15) is 23.4 Å². The zero-order chi connectivity index (χ0) is 17.7. The van der Waals surface area contributed by atoms with E-state index >= 15 is 0 Å². The van der Waals surface area contributed by atoms with Gasteiger partial charge < -0.3 is 5.32 Å². The molecule has 1 heterocycles. The second-order valence-electron chi connectivity index (χ2n) is 5.79. The van der Waals surface area contributed by atoms with Crippen molar-refractivity contribution in [2.45, 2.75) is 24.4 Å². The highest BCUT2D eigenvalue weighted by molar-refractivity contribution is 7.90. The van der Waals surface area contributed by atoms with Crippen LogP contribution in [0.3, 0.4) is 0 Å². The van der Waals surface area contributed by atoms with E-state index in [1.165, 1.54) is 6.26 Å². The monoisotopic (exact) mass is 366 g/mol. The lowest BCUT2D eigenvalue weighted by Crippen LogP contribution is -2.36. The van der Waals surface area contributed by atoms with Crippen LogP contribution in [0.25, 0.3) is 0 Å². The van der Waals surface area contributed by atoms with Crippen LogP contribution < -0.4 is 5.32 Å². The molecule has 2 rings (SSSR count). The van der Waals surface area contributed by atoms with Gasteiger partial charge in [0.05, 0.1) is 18.0 Å². The lowest BCUT2D eigenvalue weighted by molar-refractivity contribution is -0.122. The largest absolute Gasteiger partial charge is 0.350 e. The third-order valence-corrected chi connectivity index (χ3v) is 5.89. The second-order valence-corrected chi connectivity index (χ2v) is 8.84. The van der Waals surface area contributed by atoms with Gasteiger partial charge in [0.15, 0.2) is 9.84 Å². The van der Waals surface area contributed by atoms with E-state index in [1.54, 1.807) is 35.6 Å². The maximum absolute atomic E-state index is 12.0. The van der Waals surface area contributed by atoms with Crippen LogP contribution in [0.2, 0.25) is 0 Å². The minimum absolute atomic E-state index is 0.00565. The van der Waals surface area contributed by atoms with E-state index in [0.29, 0.717) is 11.4 Å². The molecule has 0 radical (unpaired) electrons. The van der Waals surface area contributed by atoms with Crippen molar-refractivity contribution >= 4 is 27.1 Å². The van der Waals surface area contributed by atoms with E-state index < -0.39 is 9.84 Å². The summed E-state index contributed by atoms with van der Waals surface area (Å²) in [6.07, 6.45) is 1.19. The van der Waals surface area contributed by atoms with Gasteiger partial charge in [-0.05, 0) is 43.1 Å².